The first kappa shape index (κ1) is 18.2. The molecule has 140 valence electrons. The number of anilines is 1. The molecular weight excluding hydrogens is 404 g/mol. The second-order valence-corrected chi connectivity index (χ2v) is 8.39. The van der Waals surface area contributed by atoms with Crippen molar-refractivity contribution in [3.63, 3.8) is 0 Å². The van der Waals surface area contributed by atoms with Crippen LogP contribution in [0.15, 0.2) is 46.9 Å². The number of nitrogens with zero attached hydrogens (tertiary/aromatic N) is 3. The van der Waals surface area contributed by atoms with Gasteiger partial charge in [0, 0.05) is 35.4 Å². The lowest BCUT2D eigenvalue weighted by atomic mass is 10.2. The number of carbonyl (C=O) groups is 1. The molecule has 0 aliphatic carbocycles. The van der Waals surface area contributed by atoms with Crippen molar-refractivity contribution in [3.8, 4) is 0 Å². The number of carbonyl (C=O) groups excluding carboxylic acids is 1. The van der Waals surface area contributed by atoms with Crippen LogP contribution in [-0.2, 0) is 13.1 Å². The van der Waals surface area contributed by atoms with Gasteiger partial charge in [-0.3, -0.25) is 9.69 Å². The molecule has 0 unspecified atom stereocenters. The number of imidazole rings is 1. The Morgan fingerprint density at radius 1 is 1.22 bits per heavy atom. The quantitative estimate of drug-likeness (QED) is 0.666. The second kappa shape index (κ2) is 7.44. The Hall–Kier alpha value is -2.18. The van der Waals surface area contributed by atoms with Gasteiger partial charge in [-0.25, -0.2) is 4.98 Å². The van der Waals surface area contributed by atoms with E-state index in [0.29, 0.717) is 11.5 Å². The summed E-state index contributed by atoms with van der Waals surface area (Å²) in [5.41, 5.74) is 3.46. The molecule has 2 heterocycles. The fourth-order valence-corrected chi connectivity index (χ4v) is 4.05. The van der Waals surface area contributed by atoms with Gasteiger partial charge in [0.05, 0.1) is 17.6 Å². The fraction of sp³-hybridized carbons (Fsp3) is 0.333. The first-order valence-electron chi connectivity index (χ1n) is 9.28. The minimum Gasteiger partial charge on any atom is -0.326 e. The number of amides is 1. The van der Waals surface area contributed by atoms with Gasteiger partial charge in [-0.15, -0.1) is 0 Å². The Morgan fingerprint density at radius 3 is 2.85 bits per heavy atom. The van der Waals surface area contributed by atoms with Crippen molar-refractivity contribution in [2.75, 3.05) is 18.4 Å². The van der Waals surface area contributed by atoms with Crippen LogP contribution in [0.4, 0.5) is 5.69 Å². The molecule has 0 radical (unpaired) electrons. The van der Waals surface area contributed by atoms with E-state index in [2.05, 4.69) is 50.6 Å². The van der Waals surface area contributed by atoms with Crippen LogP contribution in [-0.4, -0.2) is 33.4 Å². The zero-order chi connectivity index (χ0) is 19.0. The van der Waals surface area contributed by atoms with Gasteiger partial charge < -0.3 is 9.88 Å². The number of rotatable bonds is 4. The summed E-state index contributed by atoms with van der Waals surface area (Å²) in [4.78, 5) is 19.8. The van der Waals surface area contributed by atoms with Crippen molar-refractivity contribution in [1.29, 1.82) is 0 Å². The van der Waals surface area contributed by atoms with Crippen molar-refractivity contribution >= 4 is 38.6 Å². The van der Waals surface area contributed by atoms with Crippen molar-refractivity contribution in [3.05, 3.63) is 58.3 Å². The number of aromatic nitrogens is 2. The molecule has 1 N–H and O–H groups in total. The maximum atomic E-state index is 12.5. The summed E-state index contributed by atoms with van der Waals surface area (Å²) in [5, 5.41) is 2.97. The zero-order valence-corrected chi connectivity index (χ0v) is 17.2. The average Bonchev–Trinajstić information content (AvgIpc) is 2.97. The Labute approximate surface area is 167 Å². The molecule has 0 spiro atoms. The van der Waals surface area contributed by atoms with Gasteiger partial charge >= 0.3 is 0 Å². The number of benzene rings is 2. The predicted molar refractivity (Wildman–Crippen MR) is 112 cm³/mol. The summed E-state index contributed by atoms with van der Waals surface area (Å²) in [6.45, 7) is 8.49. The first-order valence-corrected chi connectivity index (χ1v) is 10.1. The molecule has 27 heavy (non-hydrogen) atoms. The molecule has 0 atom stereocenters. The van der Waals surface area contributed by atoms with E-state index in [9.17, 15) is 4.79 Å². The maximum Gasteiger partial charge on any atom is 0.255 e. The van der Waals surface area contributed by atoms with Crippen LogP contribution in [0.5, 0.6) is 0 Å². The van der Waals surface area contributed by atoms with Gasteiger partial charge in [-0.1, -0.05) is 35.8 Å². The molecule has 3 aromatic rings. The molecule has 0 saturated heterocycles. The second-order valence-electron chi connectivity index (χ2n) is 7.48. The Kier molecular flexibility index (Phi) is 5.02. The third-order valence-electron chi connectivity index (χ3n) is 4.80. The van der Waals surface area contributed by atoms with E-state index in [4.69, 9.17) is 4.98 Å². The maximum absolute atomic E-state index is 12.5. The lowest BCUT2D eigenvalue weighted by molar-refractivity contribution is 0.102. The molecule has 0 saturated carbocycles. The van der Waals surface area contributed by atoms with Gasteiger partial charge in [-0.2, -0.15) is 0 Å². The van der Waals surface area contributed by atoms with Crippen LogP contribution in [0.2, 0.25) is 0 Å². The highest BCUT2D eigenvalue weighted by molar-refractivity contribution is 9.10. The van der Waals surface area contributed by atoms with Gasteiger partial charge in [0.25, 0.3) is 5.91 Å². The van der Waals surface area contributed by atoms with E-state index in [-0.39, 0.29) is 5.91 Å². The summed E-state index contributed by atoms with van der Waals surface area (Å²) < 4.78 is 3.19. The molecule has 5 nitrogen and oxygen atoms in total. The Bertz CT molecular complexity index is 995. The number of fused-ring (bicyclic) bond motifs is 3. The SMILES string of the molecule is CC(C)CN1CCn2c(nc3cc(NC(=O)c4cccc(Br)c4)ccc32)C1. The lowest BCUT2D eigenvalue weighted by Crippen LogP contribution is -2.36. The highest BCUT2D eigenvalue weighted by Crippen LogP contribution is 2.24. The topological polar surface area (TPSA) is 50.2 Å². The normalized spacial score (nSPS) is 14.5. The average molecular weight is 427 g/mol. The van der Waals surface area contributed by atoms with Gasteiger partial charge in [0.2, 0.25) is 0 Å². The summed E-state index contributed by atoms with van der Waals surface area (Å²) in [5.74, 6) is 1.64. The highest BCUT2D eigenvalue weighted by atomic mass is 79.9. The lowest BCUT2D eigenvalue weighted by Gasteiger charge is -2.29. The minimum atomic E-state index is -0.122. The van der Waals surface area contributed by atoms with Crippen molar-refractivity contribution in [1.82, 2.24) is 14.5 Å². The van der Waals surface area contributed by atoms with Crippen molar-refractivity contribution in [2.45, 2.75) is 26.9 Å². The van der Waals surface area contributed by atoms with Crippen LogP contribution in [0, 0.1) is 5.92 Å². The molecule has 1 amide bonds. The smallest absolute Gasteiger partial charge is 0.255 e. The largest absolute Gasteiger partial charge is 0.326 e. The molecule has 0 bridgehead atoms. The third kappa shape index (κ3) is 3.92. The number of hydrogen-bond donors (Lipinski definition) is 1. The van der Waals surface area contributed by atoms with Crippen LogP contribution in [0.1, 0.15) is 30.0 Å². The minimum absolute atomic E-state index is 0.122. The van der Waals surface area contributed by atoms with Crippen LogP contribution in [0.25, 0.3) is 11.0 Å². The van der Waals surface area contributed by atoms with E-state index in [0.717, 1.165) is 53.2 Å². The van der Waals surface area contributed by atoms with E-state index in [1.807, 2.05) is 30.3 Å². The van der Waals surface area contributed by atoms with Crippen molar-refractivity contribution < 1.29 is 4.79 Å². The molecule has 1 aliphatic rings. The molecule has 1 aromatic heterocycles. The number of nitrogens with one attached hydrogen (secondary N) is 1. The standard InChI is InChI=1S/C21H23BrN4O/c1-14(2)12-25-8-9-26-19-7-6-17(11-18(19)24-20(26)13-25)23-21(27)15-4-3-5-16(22)10-15/h3-7,10-11,14H,8-9,12-13H2,1-2H3,(H,23,27). The van der Waals surface area contributed by atoms with Crippen LogP contribution < -0.4 is 5.32 Å². The van der Waals surface area contributed by atoms with Gasteiger partial charge in [-0.05, 0) is 42.3 Å². The molecule has 0 fully saturated rings. The number of hydrogen-bond acceptors (Lipinski definition) is 3. The predicted octanol–water partition coefficient (Wildman–Crippen LogP) is 4.52. The van der Waals surface area contributed by atoms with E-state index in [1.54, 1.807) is 6.07 Å². The molecule has 2 aromatic carbocycles. The fourth-order valence-electron chi connectivity index (χ4n) is 3.65. The molecule has 6 heteroatoms. The summed E-state index contributed by atoms with van der Waals surface area (Å²) in [7, 11) is 0. The monoisotopic (exact) mass is 426 g/mol. The third-order valence-corrected chi connectivity index (χ3v) is 5.29. The molecular formula is C21H23BrN4O. The highest BCUT2D eigenvalue weighted by Gasteiger charge is 2.20. The van der Waals surface area contributed by atoms with Crippen LogP contribution >= 0.6 is 15.9 Å². The van der Waals surface area contributed by atoms with E-state index < -0.39 is 0 Å². The van der Waals surface area contributed by atoms with Gasteiger partial charge in [0.1, 0.15) is 5.82 Å². The van der Waals surface area contributed by atoms with Crippen LogP contribution in [0.3, 0.4) is 0 Å². The summed E-state index contributed by atoms with van der Waals surface area (Å²) in [6.07, 6.45) is 0. The Balaban J connectivity index is 1.56. The summed E-state index contributed by atoms with van der Waals surface area (Å²) in [6, 6.07) is 13.3. The number of halogens is 1. The summed E-state index contributed by atoms with van der Waals surface area (Å²) >= 11 is 3.40. The van der Waals surface area contributed by atoms with E-state index >= 15 is 0 Å². The van der Waals surface area contributed by atoms with Crippen molar-refractivity contribution in [2.24, 2.45) is 5.92 Å². The first-order chi connectivity index (χ1) is 13.0. The Morgan fingerprint density at radius 2 is 2.07 bits per heavy atom. The molecule has 1 aliphatic heterocycles. The zero-order valence-electron chi connectivity index (χ0n) is 15.6. The molecule has 4 rings (SSSR count). The van der Waals surface area contributed by atoms with Gasteiger partial charge in [0.15, 0.2) is 0 Å². The van der Waals surface area contributed by atoms with E-state index in [1.165, 1.54) is 0 Å².